The molecule has 6 nitrogen and oxygen atoms in total. The van der Waals surface area contributed by atoms with E-state index in [4.69, 9.17) is 0 Å². The highest BCUT2D eigenvalue weighted by Crippen LogP contribution is 2.29. The van der Waals surface area contributed by atoms with Gasteiger partial charge in [-0.1, -0.05) is 18.6 Å². The third-order valence-electron chi connectivity index (χ3n) is 5.29. The lowest BCUT2D eigenvalue weighted by molar-refractivity contribution is 0.166. The number of amides is 2. The van der Waals surface area contributed by atoms with Gasteiger partial charge in [-0.25, -0.2) is 14.2 Å². The first-order valence-electron chi connectivity index (χ1n) is 9.43. The standard InChI is InChI=1S/C20H27FN4O2/c1-24-10-9-22-19(24)14-25(11-12-26)20(27)23-18-4-2-3-16(18)13-15-5-7-17(21)8-6-15/h5-10,16,18,26H,2-4,11-14H2,1H3,(H,23,27). The molecule has 0 saturated heterocycles. The van der Waals surface area contributed by atoms with Gasteiger partial charge in [0.25, 0.3) is 0 Å². The molecule has 2 amide bonds. The zero-order valence-corrected chi connectivity index (χ0v) is 15.6. The van der Waals surface area contributed by atoms with Crippen molar-refractivity contribution in [2.24, 2.45) is 13.0 Å². The number of urea groups is 1. The lowest BCUT2D eigenvalue weighted by Crippen LogP contribution is -2.47. The van der Waals surface area contributed by atoms with Crippen molar-refractivity contribution in [2.75, 3.05) is 13.2 Å². The van der Waals surface area contributed by atoms with Crippen molar-refractivity contribution in [1.82, 2.24) is 19.8 Å². The number of carbonyl (C=O) groups excluding carboxylic acids is 1. The van der Waals surface area contributed by atoms with E-state index in [0.29, 0.717) is 12.5 Å². The van der Waals surface area contributed by atoms with Gasteiger partial charge >= 0.3 is 6.03 Å². The zero-order chi connectivity index (χ0) is 19.2. The van der Waals surface area contributed by atoms with Crippen molar-refractivity contribution < 1.29 is 14.3 Å². The minimum absolute atomic E-state index is 0.0881. The Bertz CT molecular complexity index is 747. The Labute approximate surface area is 159 Å². The van der Waals surface area contributed by atoms with Gasteiger partial charge in [0.05, 0.1) is 13.2 Å². The number of halogens is 1. The minimum Gasteiger partial charge on any atom is -0.395 e. The Kier molecular flexibility index (Phi) is 6.45. The molecule has 0 spiro atoms. The van der Waals surface area contributed by atoms with Gasteiger partial charge in [-0.05, 0) is 42.9 Å². The number of nitrogens with one attached hydrogen (secondary N) is 1. The van der Waals surface area contributed by atoms with Crippen LogP contribution in [0.4, 0.5) is 9.18 Å². The van der Waals surface area contributed by atoms with E-state index in [1.165, 1.54) is 12.1 Å². The number of aliphatic hydroxyl groups excluding tert-OH is 1. The minimum atomic E-state index is -0.232. The van der Waals surface area contributed by atoms with E-state index in [1.54, 1.807) is 11.1 Å². The van der Waals surface area contributed by atoms with Crippen LogP contribution in [-0.2, 0) is 20.0 Å². The number of aromatic nitrogens is 2. The molecule has 1 aromatic heterocycles. The first-order valence-corrected chi connectivity index (χ1v) is 9.43. The molecule has 0 radical (unpaired) electrons. The van der Waals surface area contributed by atoms with Crippen LogP contribution in [0.3, 0.4) is 0 Å². The van der Waals surface area contributed by atoms with Crippen molar-refractivity contribution in [3.05, 3.63) is 53.9 Å². The molecule has 2 unspecified atom stereocenters. The van der Waals surface area contributed by atoms with Crippen LogP contribution in [0.2, 0.25) is 0 Å². The first-order chi connectivity index (χ1) is 13.1. The van der Waals surface area contributed by atoms with Crippen molar-refractivity contribution in [2.45, 2.75) is 38.3 Å². The number of carbonyl (C=O) groups is 1. The normalized spacial score (nSPS) is 19.2. The summed E-state index contributed by atoms with van der Waals surface area (Å²) in [6.07, 6.45) is 7.40. The number of hydrogen-bond acceptors (Lipinski definition) is 3. The van der Waals surface area contributed by atoms with E-state index in [2.05, 4.69) is 10.3 Å². The molecular formula is C20H27FN4O2. The molecule has 1 aliphatic rings. The summed E-state index contributed by atoms with van der Waals surface area (Å²) in [6.45, 7) is 0.515. The topological polar surface area (TPSA) is 70.4 Å². The molecule has 1 aromatic carbocycles. The smallest absolute Gasteiger partial charge is 0.318 e. The van der Waals surface area contributed by atoms with Crippen molar-refractivity contribution in [3.63, 3.8) is 0 Å². The van der Waals surface area contributed by atoms with Gasteiger partial charge in [0.2, 0.25) is 0 Å². The van der Waals surface area contributed by atoms with Gasteiger partial charge < -0.3 is 19.9 Å². The maximum Gasteiger partial charge on any atom is 0.318 e. The van der Waals surface area contributed by atoms with E-state index >= 15 is 0 Å². The highest BCUT2D eigenvalue weighted by molar-refractivity contribution is 5.74. The number of hydrogen-bond donors (Lipinski definition) is 2. The third-order valence-corrected chi connectivity index (χ3v) is 5.29. The number of benzene rings is 1. The number of aliphatic hydroxyl groups is 1. The predicted molar refractivity (Wildman–Crippen MR) is 100 cm³/mol. The van der Waals surface area contributed by atoms with E-state index in [1.807, 2.05) is 29.9 Å². The van der Waals surface area contributed by atoms with Crippen LogP contribution in [0.5, 0.6) is 0 Å². The van der Waals surface area contributed by atoms with Crippen molar-refractivity contribution >= 4 is 6.03 Å². The van der Waals surface area contributed by atoms with E-state index in [9.17, 15) is 14.3 Å². The van der Waals surface area contributed by atoms with Gasteiger partial charge in [-0.2, -0.15) is 0 Å². The fourth-order valence-corrected chi connectivity index (χ4v) is 3.74. The van der Waals surface area contributed by atoms with Gasteiger partial charge in [0.15, 0.2) is 0 Å². The second-order valence-electron chi connectivity index (χ2n) is 7.18. The molecule has 2 N–H and O–H groups in total. The Balaban J connectivity index is 1.61. The molecule has 2 aromatic rings. The monoisotopic (exact) mass is 374 g/mol. The summed E-state index contributed by atoms with van der Waals surface area (Å²) in [7, 11) is 1.88. The summed E-state index contributed by atoms with van der Waals surface area (Å²) in [4.78, 5) is 18.6. The van der Waals surface area contributed by atoms with Crippen LogP contribution in [0, 0.1) is 11.7 Å². The molecule has 27 heavy (non-hydrogen) atoms. The maximum absolute atomic E-state index is 13.1. The van der Waals surface area contributed by atoms with Crippen LogP contribution in [0.1, 0.15) is 30.7 Å². The molecule has 1 fully saturated rings. The second-order valence-corrected chi connectivity index (χ2v) is 7.18. The highest BCUT2D eigenvalue weighted by atomic mass is 19.1. The summed E-state index contributed by atoms with van der Waals surface area (Å²) in [5.41, 5.74) is 1.09. The van der Waals surface area contributed by atoms with Gasteiger partial charge in [-0.15, -0.1) is 0 Å². The zero-order valence-electron chi connectivity index (χ0n) is 15.6. The van der Waals surface area contributed by atoms with E-state index in [-0.39, 0.29) is 31.0 Å². The summed E-state index contributed by atoms with van der Waals surface area (Å²) >= 11 is 0. The maximum atomic E-state index is 13.1. The fourth-order valence-electron chi connectivity index (χ4n) is 3.74. The second kappa shape index (κ2) is 8.99. The number of aryl methyl sites for hydroxylation is 1. The molecule has 2 atom stereocenters. The van der Waals surface area contributed by atoms with Crippen LogP contribution in [0.15, 0.2) is 36.7 Å². The lowest BCUT2D eigenvalue weighted by atomic mass is 9.94. The van der Waals surface area contributed by atoms with E-state index < -0.39 is 0 Å². The Morgan fingerprint density at radius 1 is 1.37 bits per heavy atom. The van der Waals surface area contributed by atoms with Gasteiger partial charge in [0, 0.05) is 32.0 Å². The highest BCUT2D eigenvalue weighted by Gasteiger charge is 2.30. The molecule has 7 heteroatoms. The van der Waals surface area contributed by atoms with E-state index in [0.717, 1.165) is 37.1 Å². The largest absolute Gasteiger partial charge is 0.395 e. The average Bonchev–Trinajstić information content (AvgIpc) is 3.26. The first kappa shape index (κ1) is 19.4. The number of imidazole rings is 1. The van der Waals surface area contributed by atoms with Gasteiger partial charge in [-0.3, -0.25) is 0 Å². The number of rotatable bonds is 7. The molecular weight excluding hydrogens is 347 g/mol. The molecule has 0 bridgehead atoms. The third kappa shape index (κ3) is 5.07. The average molecular weight is 374 g/mol. The lowest BCUT2D eigenvalue weighted by Gasteiger charge is -2.27. The van der Waals surface area contributed by atoms with Crippen molar-refractivity contribution in [3.8, 4) is 0 Å². The molecule has 1 heterocycles. The quantitative estimate of drug-likeness (QED) is 0.782. The molecule has 0 aliphatic heterocycles. The van der Waals surface area contributed by atoms with Crippen molar-refractivity contribution in [1.29, 1.82) is 0 Å². The summed E-state index contributed by atoms with van der Waals surface area (Å²) in [6, 6.07) is 6.49. The predicted octanol–water partition coefficient (Wildman–Crippen LogP) is 2.47. The fraction of sp³-hybridized carbons (Fsp3) is 0.500. The Morgan fingerprint density at radius 3 is 2.81 bits per heavy atom. The van der Waals surface area contributed by atoms with Gasteiger partial charge in [0.1, 0.15) is 11.6 Å². The SMILES string of the molecule is Cn1ccnc1CN(CCO)C(=O)NC1CCCC1Cc1ccc(F)cc1. The van der Waals surface area contributed by atoms with Crippen LogP contribution in [0.25, 0.3) is 0 Å². The molecule has 3 rings (SSSR count). The molecule has 146 valence electrons. The Hall–Kier alpha value is -2.41. The molecule has 1 aliphatic carbocycles. The van der Waals surface area contributed by atoms with Crippen LogP contribution in [-0.4, -0.2) is 44.8 Å². The number of nitrogens with zero attached hydrogens (tertiary/aromatic N) is 3. The summed E-state index contributed by atoms with van der Waals surface area (Å²) in [5.74, 6) is 0.875. The molecule has 1 saturated carbocycles. The summed E-state index contributed by atoms with van der Waals surface area (Å²) in [5, 5.41) is 12.5. The summed E-state index contributed by atoms with van der Waals surface area (Å²) < 4.78 is 15.0. The van der Waals surface area contributed by atoms with Crippen LogP contribution >= 0.6 is 0 Å². The van der Waals surface area contributed by atoms with Crippen LogP contribution < -0.4 is 5.32 Å². The Morgan fingerprint density at radius 2 is 2.15 bits per heavy atom.